The molecule has 0 spiro atoms. The summed E-state index contributed by atoms with van der Waals surface area (Å²) in [7, 11) is 0. The lowest BCUT2D eigenvalue weighted by Gasteiger charge is -2.29. The Labute approximate surface area is 240 Å². The molecule has 1 saturated carbocycles. The van der Waals surface area contributed by atoms with Gasteiger partial charge in [-0.1, -0.05) is 133 Å². The maximum Gasteiger partial charge on any atom is 0.0255 e. The van der Waals surface area contributed by atoms with E-state index in [1.165, 1.54) is 131 Å². The highest BCUT2D eigenvalue weighted by atomic mass is 14.3. The van der Waals surface area contributed by atoms with Crippen LogP contribution in [0.3, 0.4) is 0 Å². The Morgan fingerprint density at radius 3 is 1.90 bits per heavy atom. The van der Waals surface area contributed by atoms with Crippen molar-refractivity contribution in [1.29, 1.82) is 0 Å². The highest BCUT2D eigenvalue weighted by Crippen LogP contribution is 2.37. The van der Waals surface area contributed by atoms with Crippen LogP contribution in [0.2, 0.25) is 0 Å². The molecule has 1 fully saturated rings. The molecule has 1 aliphatic carbocycles. The van der Waals surface area contributed by atoms with E-state index in [1.54, 1.807) is 0 Å². The fraction of sp³-hybridized carbons (Fsp3) is 0.538. The molecule has 0 unspecified atom stereocenters. The normalized spacial score (nSPS) is 17.2. The van der Waals surface area contributed by atoms with Crippen molar-refractivity contribution in [3.63, 3.8) is 0 Å². The van der Waals surface area contributed by atoms with Crippen LogP contribution in [0.4, 0.5) is 0 Å². The van der Waals surface area contributed by atoms with Crippen molar-refractivity contribution in [1.82, 2.24) is 0 Å². The highest BCUT2D eigenvalue weighted by molar-refractivity contribution is 5.84. The number of benzene rings is 3. The van der Waals surface area contributed by atoms with E-state index < -0.39 is 0 Å². The van der Waals surface area contributed by atoms with Crippen molar-refractivity contribution < 1.29 is 0 Å². The van der Waals surface area contributed by atoms with Gasteiger partial charge in [-0.05, 0) is 96.5 Å². The van der Waals surface area contributed by atoms with Crippen molar-refractivity contribution in [2.45, 2.75) is 129 Å². The summed E-state index contributed by atoms with van der Waals surface area (Å²) in [6.07, 6.45) is 23.5. The average Bonchev–Trinajstić information content (AvgIpc) is 2.98. The molecular formula is C39H52. The Hall–Kier alpha value is -2.52. The molecule has 0 aliphatic heterocycles. The third kappa shape index (κ3) is 9.87. The smallest absolute Gasteiger partial charge is 0.0255 e. The molecule has 3 aromatic carbocycles. The Morgan fingerprint density at radius 1 is 0.564 bits per heavy atom. The molecule has 0 bridgehead atoms. The maximum absolute atomic E-state index is 3.41. The van der Waals surface area contributed by atoms with Crippen LogP contribution in [0.15, 0.2) is 60.7 Å². The monoisotopic (exact) mass is 520 g/mol. The van der Waals surface area contributed by atoms with E-state index in [-0.39, 0.29) is 0 Å². The van der Waals surface area contributed by atoms with Crippen molar-refractivity contribution in [3.8, 4) is 11.8 Å². The topological polar surface area (TPSA) is 0 Å². The van der Waals surface area contributed by atoms with E-state index in [9.17, 15) is 0 Å². The predicted molar refractivity (Wildman–Crippen MR) is 172 cm³/mol. The second-order valence-corrected chi connectivity index (χ2v) is 12.2. The number of unbranched alkanes of at least 4 members (excludes halogenated alkanes) is 9. The molecule has 0 atom stereocenters. The lowest BCUT2D eigenvalue weighted by Crippen LogP contribution is -2.13. The summed E-state index contributed by atoms with van der Waals surface area (Å²) in [5, 5.41) is 2.62. The third-order valence-electron chi connectivity index (χ3n) is 9.02. The van der Waals surface area contributed by atoms with Crippen molar-refractivity contribution >= 4 is 10.8 Å². The highest BCUT2D eigenvalue weighted by Gasteiger charge is 2.21. The molecular weight excluding hydrogens is 468 g/mol. The number of hydrogen-bond donors (Lipinski definition) is 0. The fourth-order valence-electron chi connectivity index (χ4n) is 6.44. The van der Waals surface area contributed by atoms with Crippen LogP contribution >= 0.6 is 0 Å². The zero-order chi connectivity index (χ0) is 27.1. The fourth-order valence-corrected chi connectivity index (χ4v) is 6.44. The van der Waals surface area contributed by atoms with Gasteiger partial charge in [-0.3, -0.25) is 0 Å². The van der Waals surface area contributed by atoms with E-state index >= 15 is 0 Å². The maximum atomic E-state index is 3.41. The Balaban J connectivity index is 1.23. The minimum absolute atomic E-state index is 0.745. The van der Waals surface area contributed by atoms with Crippen LogP contribution in [0.25, 0.3) is 10.8 Å². The van der Waals surface area contributed by atoms with Gasteiger partial charge in [0.1, 0.15) is 0 Å². The molecule has 4 rings (SSSR count). The first kappa shape index (κ1) is 29.5. The average molecular weight is 521 g/mol. The molecule has 0 radical (unpaired) electrons. The van der Waals surface area contributed by atoms with Gasteiger partial charge in [0.05, 0.1) is 0 Å². The van der Waals surface area contributed by atoms with Crippen LogP contribution in [0.1, 0.15) is 145 Å². The van der Waals surface area contributed by atoms with Gasteiger partial charge in [-0.15, -0.1) is 0 Å². The molecule has 0 aromatic heterocycles. The Morgan fingerprint density at radius 2 is 1.15 bits per heavy atom. The summed E-state index contributed by atoms with van der Waals surface area (Å²) >= 11 is 0. The standard InChI is InChI=1S/C39H52/c1-3-5-7-9-11-12-14-32-18-24-36(25-19-32)37-26-20-33(21-27-37)16-17-35-23-29-38-30-34(22-28-39(38)31-35)15-13-10-8-6-4-2/h20-23,26-32,36H,3-15,18-19,24-25H2,1-2H3/t32-,36-. The molecule has 0 amide bonds. The first-order chi connectivity index (χ1) is 19.2. The quantitative estimate of drug-likeness (QED) is 0.146. The lowest BCUT2D eigenvalue weighted by atomic mass is 9.77. The summed E-state index contributed by atoms with van der Waals surface area (Å²) in [4.78, 5) is 0. The van der Waals surface area contributed by atoms with E-state index in [0.717, 1.165) is 23.0 Å². The zero-order valence-electron chi connectivity index (χ0n) is 24.9. The second kappa shape index (κ2) is 16.6. The van der Waals surface area contributed by atoms with Gasteiger partial charge >= 0.3 is 0 Å². The molecule has 0 nitrogen and oxygen atoms in total. The van der Waals surface area contributed by atoms with Crippen molar-refractivity contribution in [2.24, 2.45) is 5.92 Å². The van der Waals surface area contributed by atoms with Crippen LogP contribution in [0, 0.1) is 17.8 Å². The van der Waals surface area contributed by atoms with Gasteiger partial charge in [0, 0.05) is 11.1 Å². The van der Waals surface area contributed by atoms with Crippen LogP contribution in [-0.4, -0.2) is 0 Å². The molecule has 3 aromatic rings. The number of aryl methyl sites for hydroxylation is 1. The van der Waals surface area contributed by atoms with E-state index in [1.807, 2.05) is 0 Å². The van der Waals surface area contributed by atoms with Crippen molar-refractivity contribution in [2.75, 3.05) is 0 Å². The third-order valence-corrected chi connectivity index (χ3v) is 9.02. The number of fused-ring (bicyclic) bond motifs is 1. The Kier molecular flexibility index (Phi) is 12.5. The summed E-state index contributed by atoms with van der Waals surface area (Å²) in [6, 6.07) is 22.8. The first-order valence-corrected chi connectivity index (χ1v) is 16.4. The largest absolute Gasteiger partial charge is 0.0654 e. The molecule has 0 saturated heterocycles. The minimum atomic E-state index is 0.745. The van der Waals surface area contributed by atoms with E-state index in [2.05, 4.69) is 86.4 Å². The van der Waals surface area contributed by atoms with Gasteiger partial charge in [0.25, 0.3) is 0 Å². The number of rotatable bonds is 14. The van der Waals surface area contributed by atoms with Gasteiger partial charge < -0.3 is 0 Å². The summed E-state index contributed by atoms with van der Waals surface area (Å²) in [5.41, 5.74) is 5.20. The summed E-state index contributed by atoms with van der Waals surface area (Å²) in [6.45, 7) is 4.58. The molecule has 208 valence electrons. The summed E-state index contributed by atoms with van der Waals surface area (Å²) in [5.74, 6) is 8.54. The predicted octanol–water partition coefficient (Wildman–Crippen LogP) is 11.8. The SMILES string of the molecule is CCCCCCCC[C@H]1CC[C@H](c2ccc(C#Cc3ccc4cc(CCCCCCC)ccc4c3)cc2)CC1. The first-order valence-electron chi connectivity index (χ1n) is 16.4. The molecule has 1 aliphatic rings. The van der Waals surface area contributed by atoms with Gasteiger partial charge in [0.2, 0.25) is 0 Å². The van der Waals surface area contributed by atoms with Gasteiger partial charge in [-0.25, -0.2) is 0 Å². The van der Waals surface area contributed by atoms with Gasteiger partial charge in [-0.2, -0.15) is 0 Å². The minimum Gasteiger partial charge on any atom is -0.0654 e. The molecule has 0 heterocycles. The molecule has 39 heavy (non-hydrogen) atoms. The van der Waals surface area contributed by atoms with Crippen LogP contribution in [0.5, 0.6) is 0 Å². The summed E-state index contributed by atoms with van der Waals surface area (Å²) < 4.78 is 0. The van der Waals surface area contributed by atoms with Crippen LogP contribution in [-0.2, 0) is 6.42 Å². The molecule has 0 N–H and O–H groups in total. The number of hydrogen-bond acceptors (Lipinski definition) is 0. The second-order valence-electron chi connectivity index (χ2n) is 12.2. The van der Waals surface area contributed by atoms with Crippen LogP contribution < -0.4 is 0 Å². The Bertz CT molecular complexity index is 1160. The zero-order valence-corrected chi connectivity index (χ0v) is 24.9. The van der Waals surface area contributed by atoms with Gasteiger partial charge in [0.15, 0.2) is 0 Å². The van der Waals surface area contributed by atoms with E-state index in [0.29, 0.717) is 0 Å². The van der Waals surface area contributed by atoms with E-state index in [4.69, 9.17) is 0 Å². The molecule has 0 heteroatoms. The lowest BCUT2D eigenvalue weighted by molar-refractivity contribution is 0.302. The van der Waals surface area contributed by atoms with Crippen molar-refractivity contribution in [3.05, 3.63) is 82.9 Å².